The average molecular weight is 367 g/mol. The summed E-state index contributed by atoms with van der Waals surface area (Å²) in [6.07, 6.45) is 2.06. The van der Waals surface area contributed by atoms with Gasteiger partial charge in [-0.2, -0.15) is 0 Å². The zero-order valence-corrected chi connectivity index (χ0v) is 14.9. The smallest absolute Gasteiger partial charge is 0.303 e. The maximum Gasteiger partial charge on any atom is 0.303 e. The minimum absolute atomic E-state index is 0.000184. The Hall–Kier alpha value is -2.06. The zero-order valence-electron chi connectivity index (χ0n) is 13.3. The number of nitrogens with zero attached hydrogens (tertiary/aromatic N) is 1. The number of ether oxygens (including phenoxy) is 2. The van der Waals surface area contributed by atoms with Crippen molar-refractivity contribution in [3.05, 3.63) is 28.7 Å². The van der Waals surface area contributed by atoms with Crippen LogP contribution in [0.1, 0.15) is 18.4 Å². The lowest BCUT2D eigenvalue weighted by Crippen LogP contribution is -2.29. The molecule has 1 aromatic carbocycles. The van der Waals surface area contributed by atoms with Crippen molar-refractivity contribution in [1.82, 2.24) is 4.90 Å². The molecule has 0 bridgehead atoms. The van der Waals surface area contributed by atoms with Crippen LogP contribution in [0, 0.1) is 0 Å². The largest absolute Gasteiger partial charge is 0.493 e. The van der Waals surface area contributed by atoms with E-state index in [0.29, 0.717) is 39.3 Å². The number of amides is 1. The van der Waals surface area contributed by atoms with Crippen LogP contribution in [0.2, 0.25) is 0 Å². The number of aliphatic carboxylic acids is 1. The fourth-order valence-corrected chi connectivity index (χ4v) is 3.55. The highest BCUT2D eigenvalue weighted by Crippen LogP contribution is 2.37. The number of benzene rings is 1. The van der Waals surface area contributed by atoms with E-state index in [-0.39, 0.29) is 12.3 Å². The maximum absolute atomic E-state index is 12.5. The quantitative estimate of drug-likeness (QED) is 0.586. The van der Waals surface area contributed by atoms with E-state index < -0.39 is 5.97 Å². The Morgan fingerprint density at radius 3 is 2.75 bits per heavy atom. The van der Waals surface area contributed by atoms with Crippen LogP contribution in [0.5, 0.6) is 11.5 Å². The van der Waals surface area contributed by atoms with Crippen molar-refractivity contribution in [3.63, 3.8) is 0 Å². The van der Waals surface area contributed by atoms with Gasteiger partial charge in [-0.3, -0.25) is 14.5 Å². The molecule has 0 unspecified atom stereocenters. The van der Waals surface area contributed by atoms with E-state index in [4.69, 9.17) is 26.8 Å². The molecule has 0 aliphatic carbocycles. The van der Waals surface area contributed by atoms with E-state index >= 15 is 0 Å². The van der Waals surface area contributed by atoms with Crippen molar-refractivity contribution in [3.8, 4) is 11.5 Å². The first-order chi connectivity index (χ1) is 11.5. The van der Waals surface area contributed by atoms with Crippen molar-refractivity contribution in [2.24, 2.45) is 0 Å². The number of carbonyl (C=O) groups excluding carboxylic acids is 1. The van der Waals surface area contributed by atoms with Gasteiger partial charge in [-0.25, -0.2) is 0 Å². The van der Waals surface area contributed by atoms with Crippen LogP contribution < -0.4 is 9.47 Å². The van der Waals surface area contributed by atoms with E-state index in [0.717, 1.165) is 0 Å². The minimum Gasteiger partial charge on any atom is -0.493 e. The van der Waals surface area contributed by atoms with Crippen LogP contribution >= 0.6 is 24.0 Å². The van der Waals surface area contributed by atoms with Crippen molar-refractivity contribution in [1.29, 1.82) is 0 Å². The molecule has 0 radical (unpaired) electrons. The predicted octanol–water partition coefficient (Wildman–Crippen LogP) is 2.77. The Morgan fingerprint density at radius 2 is 2.12 bits per heavy atom. The number of carboxylic acids is 1. The maximum atomic E-state index is 12.5. The summed E-state index contributed by atoms with van der Waals surface area (Å²) in [5.74, 6) is -0.00306. The van der Waals surface area contributed by atoms with Gasteiger partial charge >= 0.3 is 5.97 Å². The summed E-state index contributed by atoms with van der Waals surface area (Å²) in [7, 11) is 3.08. The molecule has 1 saturated heterocycles. The summed E-state index contributed by atoms with van der Waals surface area (Å²) in [4.78, 5) is 25.0. The molecule has 0 atom stereocenters. The van der Waals surface area contributed by atoms with E-state index in [1.54, 1.807) is 25.3 Å². The van der Waals surface area contributed by atoms with Gasteiger partial charge in [0.2, 0.25) is 0 Å². The molecule has 0 spiro atoms. The highest BCUT2D eigenvalue weighted by molar-refractivity contribution is 8.26. The Morgan fingerprint density at radius 1 is 1.38 bits per heavy atom. The van der Waals surface area contributed by atoms with Crippen molar-refractivity contribution in [2.45, 2.75) is 12.8 Å². The fraction of sp³-hybridized carbons (Fsp3) is 0.312. The van der Waals surface area contributed by atoms with Crippen LogP contribution in [-0.2, 0) is 9.59 Å². The number of rotatable bonds is 7. The van der Waals surface area contributed by atoms with Gasteiger partial charge in [-0.1, -0.05) is 36.1 Å². The summed E-state index contributed by atoms with van der Waals surface area (Å²) in [5.41, 5.74) is 0.711. The van der Waals surface area contributed by atoms with Gasteiger partial charge in [0, 0.05) is 18.5 Å². The zero-order chi connectivity index (χ0) is 17.7. The number of methoxy groups -OCH3 is 2. The first-order valence-electron chi connectivity index (χ1n) is 7.16. The van der Waals surface area contributed by atoms with Crippen molar-refractivity contribution >= 4 is 46.3 Å². The molecule has 1 N–H and O–H groups in total. The van der Waals surface area contributed by atoms with E-state index in [2.05, 4.69) is 0 Å². The molecule has 2 rings (SSSR count). The third kappa shape index (κ3) is 4.07. The molecular formula is C16H17NO5S2. The van der Waals surface area contributed by atoms with Crippen LogP contribution in [-0.4, -0.2) is 47.0 Å². The molecule has 0 aromatic heterocycles. The molecular weight excluding hydrogens is 350 g/mol. The predicted molar refractivity (Wildman–Crippen MR) is 96.3 cm³/mol. The summed E-state index contributed by atoms with van der Waals surface area (Å²) < 4.78 is 11.0. The van der Waals surface area contributed by atoms with Gasteiger partial charge in [0.15, 0.2) is 11.5 Å². The lowest BCUT2D eigenvalue weighted by atomic mass is 10.1. The molecule has 1 aliphatic rings. The second kappa shape index (κ2) is 8.16. The van der Waals surface area contributed by atoms with Crippen LogP contribution in [0.4, 0.5) is 0 Å². The monoisotopic (exact) mass is 367 g/mol. The number of thiocarbonyl (C=S) groups is 1. The average Bonchev–Trinajstić information content (AvgIpc) is 2.81. The number of hydrogen-bond donors (Lipinski definition) is 1. The first-order valence-corrected chi connectivity index (χ1v) is 8.38. The molecule has 1 amide bonds. The third-order valence-corrected chi connectivity index (χ3v) is 4.74. The van der Waals surface area contributed by atoms with Crippen LogP contribution in [0.25, 0.3) is 6.08 Å². The summed E-state index contributed by atoms with van der Waals surface area (Å²) in [6.45, 7) is 0.295. The fourth-order valence-electron chi connectivity index (χ4n) is 2.25. The van der Waals surface area contributed by atoms with Gasteiger partial charge in [-0.15, -0.1) is 0 Å². The second-order valence-electron chi connectivity index (χ2n) is 4.91. The second-order valence-corrected chi connectivity index (χ2v) is 6.59. The lowest BCUT2D eigenvalue weighted by molar-refractivity contribution is -0.137. The van der Waals surface area contributed by atoms with Gasteiger partial charge in [-0.05, 0) is 18.6 Å². The molecule has 1 aromatic rings. The van der Waals surface area contributed by atoms with Gasteiger partial charge < -0.3 is 14.6 Å². The number of carboxylic acid groups (broad SMARTS) is 1. The Kier molecular flexibility index (Phi) is 6.22. The molecule has 1 aliphatic heterocycles. The molecule has 0 saturated carbocycles. The summed E-state index contributed by atoms with van der Waals surface area (Å²) >= 11 is 6.42. The van der Waals surface area contributed by atoms with Gasteiger partial charge in [0.25, 0.3) is 5.91 Å². The van der Waals surface area contributed by atoms with Gasteiger partial charge in [0.05, 0.1) is 19.1 Å². The normalized spacial score (nSPS) is 15.9. The Labute approximate surface area is 149 Å². The minimum atomic E-state index is -0.892. The lowest BCUT2D eigenvalue weighted by Gasteiger charge is -2.13. The number of carbonyl (C=O) groups is 2. The Bertz CT molecular complexity index is 702. The molecule has 128 valence electrons. The number of para-hydroxylation sites is 1. The topological polar surface area (TPSA) is 76.1 Å². The van der Waals surface area contributed by atoms with Gasteiger partial charge in [0.1, 0.15) is 4.32 Å². The van der Waals surface area contributed by atoms with E-state index in [1.807, 2.05) is 6.07 Å². The summed E-state index contributed by atoms with van der Waals surface area (Å²) in [5, 5.41) is 8.69. The van der Waals surface area contributed by atoms with Crippen molar-refractivity contribution in [2.75, 3.05) is 20.8 Å². The molecule has 8 heteroatoms. The molecule has 1 fully saturated rings. The van der Waals surface area contributed by atoms with Crippen LogP contribution in [0.15, 0.2) is 23.1 Å². The summed E-state index contributed by atoms with van der Waals surface area (Å²) in [6, 6.07) is 5.40. The SMILES string of the molecule is COc1cccc(/C=C2\SC(=S)N(CCCC(=O)O)C2=O)c1OC. The van der Waals surface area contributed by atoms with Crippen molar-refractivity contribution < 1.29 is 24.2 Å². The number of hydrogen-bond acceptors (Lipinski definition) is 6. The highest BCUT2D eigenvalue weighted by Gasteiger charge is 2.32. The molecule has 24 heavy (non-hydrogen) atoms. The Balaban J connectivity index is 2.21. The third-order valence-electron chi connectivity index (χ3n) is 3.37. The van der Waals surface area contributed by atoms with E-state index in [9.17, 15) is 9.59 Å². The first kappa shape index (κ1) is 18.3. The standard InChI is InChI=1S/C16H17NO5S2/c1-21-11-6-3-5-10(14(11)22-2)9-12-15(20)17(16(23)24-12)8-4-7-13(18)19/h3,5-6,9H,4,7-8H2,1-2H3,(H,18,19)/b12-9-. The number of thioether (sulfide) groups is 1. The van der Waals surface area contributed by atoms with E-state index in [1.165, 1.54) is 23.8 Å². The molecule has 1 heterocycles. The molecule has 6 nitrogen and oxygen atoms in total. The van der Waals surface area contributed by atoms with Crippen LogP contribution in [0.3, 0.4) is 0 Å². The highest BCUT2D eigenvalue weighted by atomic mass is 32.2.